The molecule has 2 N–H and O–H groups in total. The predicted molar refractivity (Wildman–Crippen MR) is 70.5 cm³/mol. The van der Waals surface area contributed by atoms with E-state index in [9.17, 15) is 0 Å². The first-order valence-electron chi connectivity index (χ1n) is 4.62. The SMILES string of the molecule is CCCCC(CC)CSC(N)=S.[Ca+2].[H-].[H-]. The van der Waals surface area contributed by atoms with Crippen LogP contribution in [0.2, 0.25) is 0 Å². The molecule has 0 radical (unpaired) electrons. The third-order valence-corrected chi connectivity index (χ3v) is 3.28. The molecule has 0 saturated heterocycles. The van der Waals surface area contributed by atoms with Gasteiger partial charge in [0, 0.05) is 5.75 Å². The number of rotatable bonds is 6. The number of nitrogens with two attached hydrogens (primary N) is 1. The van der Waals surface area contributed by atoms with E-state index < -0.39 is 0 Å². The summed E-state index contributed by atoms with van der Waals surface area (Å²) in [6.45, 7) is 4.47. The molecule has 0 aliphatic carbocycles. The second-order valence-electron chi connectivity index (χ2n) is 3.05. The van der Waals surface area contributed by atoms with Gasteiger partial charge in [0.25, 0.3) is 0 Å². The average molecular weight is 247 g/mol. The Morgan fingerprint density at radius 1 is 1.54 bits per heavy atom. The summed E-state index contributed by atoms with van der Waals surface area (Å²) >= 11 is 6.44. The summed E-state index contributed by atoms with van der Waals surface area (Å²) in [6, 6.07) is 0. The van der Waals surface area contributed by atoms with Crippen molar-refractivity contribution in [3.05, 3.63) is 0 Å². The van der Waals surface area contributed by atoms with Crippen LogP contribution in [-0.2, 0) is 0 Å². The summed E-state index contributed by atoms with van der Waals surface area (Å²) in [6.07, 6.45) is 5.18. The monoisotopic (exact) mass is 247 g/mol. The summed E-state index contributed by atoms with van der Waals surface area (Å²) in [5.41, 5.74) is 5.42. The summed E-state index contributed by atoms with van der Waals surface area (Å²) < 4.78 is 0.588. The maximum absolute atomic E-state index is 5.42. The quantitative estimate of drug-likeness (QED) is 0.577. The molecule has 13 heavy (non-hydrogen) atoms. The molecule has 0 aliphatic heterocycles. The van der Waals surface area contributed by atoms with Crippen LogP contribution < -0.4 is 5.73 Å². The van der Waals surface area contributed by atoms with Crippen molar-refractivity contribution < 1.29 is 2.85 Å². The molecule has 0 aromatic heterocycles. The zero-order valence-electron chi connectivity index (χ0n) is 10.7. The zero-order chi connectivity index (χ0) is 9.40. The van der Waals surface area contributed by atoms with Gasteiger partial charge in [-0.25, -0.2) is 0 Å². The first-order valence-corrected chi connectivity index (χ1v) is 6.02. The molecule has 0 saturated carbocycles. The number of thioether (sulfide) groups is 1. The average Bonchev–Trinajstić information content (AvgIpc) is 2.05. The Kier molecular flexibility index (Phi) is 15.1. The Morgan fingerprint density at radius 3 is 2.54 bits per heavy atom. The molecule has 0 spiro atoms. The van der Waals surface area contributed by atoms with Crippen molar-refractivity contribution in [2.24, 2.45) is 11.7 Å². The van der Waals surface area contributed by atoms with E-state index in [2.05, 4.69) is 13.8 Å². The molecule has 0 aliphatic rings. The molecular formula is C9H21CaNS2. The molecule has 4 heteroatoms. The van der Waals surface area contributed by atoms with Gasteiger partial charge in [-0.1, -0.05) is 57.1 Å². The molecule has 0 bridgehead atoms. The normalized spacial score (nSPS) is 11.8. The Balaban J connectivity index is -0.000000202. The van der Waals surface area contributed by atoms with Gasteiger partial charge < -0.3 is 8.59 Å². The molecule has 1 unspecified atom stereocenters. The summed E-state index contributed by atoms with van der Waals surface area (Å²) in [5, 5.41) is 0. The van der Waals surface area contributed by atoms with E-state index in [1.54, 1.807) is 11.8 Å². The van der Waals surface area contributed by atoms with Crippen molar-refractivity contribution >= 4 is 66.0 Å². The third kappa shape index (κ3) is 11.4. The molecule has 0 fully saturated rings. The number of hydrogen-bond donors (Lipinski definition) is 1. The van der Waals surface area contributed by atoms with Crippen LogP contribution in [-0.4, -0.2) is 47.8 Å². The van der Waals surface area contributed by atoms with Crippen molar-refractivity contribution in [2.45, 2.75) is 39.5 Å². The topological polar surface area (TPSA) is 26.0 Å². The first-order chi connectivity index (χ1) is 5.70. The molecule has 1 atom stereocenters. The number of unbranched alkanes of at least 4 members (excludes halogenated alkanes) is 1. The van der Waals surface area contributed by atoms with Gasteiger partial charge in [-0.2, -0.15) is 0 Å². The Labute approximate surface area is 125 Å². The Hall–Kier alpha value is 1.50. The van der Waals surface area contributed by atoms with Crippen LogP contribution in [0, 0.1) is 5.92 Å². The maximum Gasteiger partial charge on any atom is 2.00 e. The smallest absolute Gasteiger partial charge is 1.00 e. The largest absolute Gasteiger partial charge is 2.00 e. The molecule has 0 rings (SSSR count). The Bertz CT molecular complexity index is 139. The molecule has 76 valence electrons. The van der Waals surface area contributed by atoms with Gasteiger partial charge in [-0.15, -0.1) is 0 Å². The van der Waals surface area contributed by atoms with Gasteiger partial charge in [0.2, 0.25) is 0 Å². The number of hydrogen-bond acceptors (Lipinski definition) is 2. The van der Waals surface area contributed by atoms with Gasteiger partial charge in [0.05, 0.1) is 0 Å². The van der Waals surface area contributed by atoms with Gasteiger partial charge in [-0.05, 0) is 12.3 Å². The first kappa shape index (κ1) is 16.9. The van der Waals surface area contributed by atoms with E-state index in [1.807, 2.05) is 0 Å². The van der Waals surface area contributed by atoms with Crippen LogP contribution in [0.5, 0.6) is 0 Å². The Morgan fingerprint density at radius 2 is 2.15 bits per heavy atom. The van der Waals surface area contributed by atoms with Crippen molar-refractivity contribution in [2.75, 3.05) is 5.75 Å². The predicted octanol–water partition coefficient (Wildman–Crippen LogP) is 3.02. The maximum atomic E-state index is 5.42. The van der Waals surface area contributed by atoms with Crippen LogP contribution in [0.1, 0.15) is 42.4 Å². The van der Waals surface area contributed by atoms with E-state index >= 15 is 0 Å². The fourth-order valence-electron chi connectivity index (χ4n) is 1.10. The van der Waals surface area contributed by atoms with E-state index in [-0.39, 0.29) is 40.6 Å². The van der Waals surface area contributed by atoms with Crippen LogP contribution in [0.4, 0.5) is 0 Å². The van der Waals surface area contributed by atoms with Crippen molar-refractivity contribution in [3.63, 3.8) is 0 Å². The molecule has 0 aromatic rings. The summed E-state index contributed by atoms with van der Waals surface area (Å²) in [5.74, 6) is 1.91. The molecule has 0 heterocycles. The number of thiocarbonyl (C=S) groups is 1. The summed E-state index contributed by atoms with van der Waals surface area (Å²) in [4.78, 5) is 0. The van der Waals surface area contributed by atoms with Gasteiger partial charge in [0.1, 0.15) is 4.32 Å². The van der Waals surface area contributed by atoms with Crippen molar-refractivity contribution in [1.82, 2.24) is 0 Å². The minimum Gasteiger partial charge on any atom is -1.00 e. The minimum absolute atomic E-state index is 0. The van der Waals surface area contributed by atoms with Crippen LogP contribution in [0.15, 0.2) is 0 Å². The minimum atomic E-state index is 0. The fraction of sp³-hybridized carbons (Fsp3) is 0.889. The van der Waals surface area contributed by atoms with Crippen LogP contribution in [0.25, 0.3) is 0 Å². The van der Waals surface area contributed by atoms with Gasteiger partial charge in [-0.3, -0.25) is 0 Å². The van der Waals surface area contributed by atoms with Gasteiger partial charge in [0.15, 0.2) is 0 Å². The zero-order valence-corrected chi connectivity index (χ0v) is 12.6. The molecule has 0 amide bonds. The van der Waals surface area contributed by atoms with E-state index in [0.29, 0.717) is 4.32 Å². The molecule has 1 nitrogen and oxygen atoms in total. The fourth-order valence-corrected chi connectivity index (χ4v) is 2.10. The standard InChI is InChI=1S/C9H19NS2.Ca.2H/c1-3-5-6-8(4-2)7-12-9(10)11;;;/h8H,3-7H2,1-2H3,(H2,10,11);;;/q;+2;2*-1. The molecule has 0 aromatic carbocycles. The van der Waals surface area contributed by atoms with Crippen molar-refractivity contribution in [1.29, 1.82) is 0 Å². The van der Waals surface area contributed by atoms with E-state index in [4.69, 9.17) is 18.0 Å². The van der Waals surface area contributed by atoms with Crippen LogP contribution >= 0.6 is 24.0 Å². The van der Waals surface area contributed by atoms with Gasteiger partial charge >= 0.3 is 37.7 Å². The summed E-state index contributed by atoms with van der Waals surface area (Å²) in [7, 11) is 0. The van der Waals surface area contributed by atoms with Crippen molar-refractivity contribution in [3.8, 4) is 0 Å². The van der Waals surface area contributed by atoms with E-state index in [0.717, 1.165) is 11.7 Å². The van der Waals surface area contributed by atoms with Crippen LogP contribution in [0.3, 0.4) is 0 Å². The molecular weight excluding hydrogens is 226 g/mol. The van der Waals surface area contributed by atoms with E-state index in [1.165, 1.54) is 25.7 Å². The second-order valence-corrected chi connectivity index (χ2v) is 4.81. The third-order valence-electron chi connectivity index (χ3n) is 2.00. The second kappa shape index (κ2) is 11.6.